The monoisotopic (exact) mass is 581 g/mol. The normalized spacial score (nSPS) is 38.2. The number of Topliss-reactive ketones (excluding diaryl/α,β-unsaturated/α-hetero) is 1. The Kier molecular flexibility index (Phi) is 6.89. The van der Waals surface area contributed by atoms with Gasteiger partial charge in [0.2, 0.25) is 0 Å². The first-order valence-corrected chi connectivity index (χ1v) is 20.0. The Bertz CT molecular complexity index is 1310. The third kappa shape index (κ3) is 4.45. The average molecular weight is 582 g/mol. The van der Waals surface area contributed by atoms with E-state index in [1.165, 1.54) is 10.3 Å². The molecule has 1 aromatic heterocycles. The van der Waals surface area contributed by atoms with Crippen LogP contribution in [-0.2, 0) is 14.0 Å². The van der Waals surface area contributed by atoms with Gasteiger partial charge >= 0.3 is 0 Å². The lowest BCUT2D eigenvalue weighted by Gasteiger charge is -2.62. The third-order valence-electron chi connectivity index (χ3n) is 10.9. The summed E-state index contributed by atoms with van der Waals surface area (Å²) in [5, 5.41) is 0. The van der Waals surface area contributed by atoms with Crippen LogP contribution in [-0.4, -0.2) is 36.2 Å². The highest BCUT2D eigenvalue weighted by Gasteiger charge is 2.69. The number of thiazole rings is 1. The van der Waals surface area contributed by atoms with Crippen LogP contribution in [0.2, 0.25) is 19.6 Å². The van der Waals surface area contributed by atoms with Crippen LogP contribution < -0.4 is 0 Å². The van der Waals surface area contributed by atoms with Crippen molar-refractivity contribution in [3.63, 3.8) is 0 Å². The van der Waals surface area contributed by atoms with Gasteiger partial charge in [-0.1, -0.05) is 50.2 Å². The molecule has 3 fully saturated rings. The molecule has 0 spiro atoms. The summed E-state index contributed by atoms with van der Waals surface area (Å²) in [5.74, 6) is 3.16. The third-order valence-corrected chi connectivity index (χ3v) is 14.0. The largest absolute Gasteiger partial charge is 0.405 e. The number of ketones is 2. The first-order valence-electron chi connectivity index (χ1n) is 14.8. The minimum atomic E-state index is -2.02. The van der Waals surface area contributed by atoms with Crippen molar-refractivity contribution in [2.45, 2.75) is 95.3 Å². The van der Waals surface area contributed by atoms with Crippen molar-refractivity contribution in [3.8, 4) is 0 Å². The molecule has 6 unspecified atom stereocenters. The molecule has 6 rings (SSSR count). The van der Waals surface area contributed by atoms with Gasteiger partial charge < -0.3 is 4.43 Å². The topological polar surface area (TPSA) is 56.3 Å². The molecule has 1 heterocycles. The number of thioether (sulfide) groups is 1. The Labute approximate surface area is 242 Å². The highest BCUT2D eigenvalue weighted by molar-refractivity contribution is 8.01. The Balaban J connectivity index is 1.32. The summed E-state index contributed by atoms with van der Waals surface area (Å²) in [4.78, 5) is 31.6. The maximum absolute atomic E-state index is 14.5. The van der Waals surface area contributed by atoms with E-state index in [-0.39, 0.29) is 16.6 Å². The van der Waals surface area contributed by atoms with E-state index in [9.17, 15) is 9.59 Å². The van der Waals surface area contributed by atoms with Gasteiger partial charge in [0.05, 0.1) is 16.0 Å². The number of aromatic nitrogens is 1. The molecule has 0 aliphatic heterocycles. The summed E-state index contributed by atoms with van der Waals surface area (Å²) in [6, 6.07) is 8.21. The molecule has 7 atom stereocenters. The number of allylic oxidation sites excluding steroid dienone is 1. The zero-order valence-corrected chi connectivity index (χ0v) is 27.0. The summed E-state index contributed by atoms with van der Waals surface area (Å²) in [6.45, 7) is 14.0. The zero-order valence-electron chi connectivity index (χ0n) is 24.3. The summed E-state index contributed by atoms with van der Waals surface area (Å²) >= 11 is 3.28. The summed E-state index contributed by atoms with van der Waals surface area (Å²) < 4.78 is 9.28. The number of carbonyl (C=O) groups excluding carboxylic acids is 2. The van der Waals surface area contributed by atoms with Gasteiger partial charge in [0.25, 0.3) is 0 Å². The van der Waals surface area contributed by atoms with Crippen LogP contribution >= 0.6 is 23.1 Å². The second-order valence-electron chi connectivity index (χ2n) is 14.2. The fraction of sp³-hybridized carbons (Fsp3) is 0.656. The van der Waals surface area contributed by atoms with Crippen LogP contribution in [0.15, 0.2) is 40.3 Å². The predicted octanol–water partition coefficient (Wildman–Crippen LogP) is 8.33. The zero-order chi connectivity index (χ0) is 27.8. The van der Waals surface area contributed by atoms with Crippen LogP contribution in [0.5, 0.6) is 0 Å². The van der Waals surface area contributed by atoms with Crippen LogP contribution in [0, 0.1) is 34.5 Å². The molecule has 210 valence electrons. The lowest BCUT2D eigenvalue weighted by molar-refractivity contribution is -0.162. The molecule has 0 amide bonds. The van der Waals surface area contributed by atoms with Gasteiger partial charge in [0.15, 0.2) is 24.2 Å². The molecule has 1 aromatic carbocycles. The Hall–Kier alpha value is -1.28. The number of nitrogens with zero attached hydrogens (tertiary/aromatic N) is 1. The average Bonchev–Trinajstić information content (AvgIpc) is 3.40. The summed E-state index contributed by atoms with van der Waals surface area (Å²) in [5.41, 5.74) is 1.65. The standard InChI is InChI=1S/C32H43NO3S2Si/c1-20-18-31(3)24(23-12-11-21-17-22(34)13-15-30(21,2)28(20)23)14-16-32(31,36-39(4,5)6)27(35)19-37-29-33-25-9-7-8-10-26(25)38-29/h7-10,17,20,23-24,28H,11-16,18-19H2,1-6H3/t20?,23?,24?,28?,30?,31?,32-/m0/s1. The molecule has 3 saturated carbocycles. The van der Waals surface area contributed by atoms with Gasteiger partial charge in [-0.2, -0.15) is 0 Å². The molecular weight excluding hydrogens is 539 g/mol. The molecule has 4 aliphatic rings. The van der Waals surface area contributed by atoms with Gasteiger partial charge in [-0.15, -0.1) is 11.3 Å². The highest BCUT2D eigenvalue weighted by Crippen LogP contribution is 2.70. The molecular formula is C32H43NO3S2Si. The van der Waals surface area contributed by atoms with Crippen molar-refractivity contribution < 1.29 is 14.0 Å². The van der Waals surface area contributed by atoms with E-state index in [0.717, 1.165) is 48.4 Å². The Morgan fingerprint density at radius 2 is 1.92 bits per heavy atom. The molecule has 2 aromatic rings. The molecule has 0 bridgehead atoms. The van der Waals surface area contributed by atoms with Crippen LogP contribution in [0.1, 0.15) is 65.7 Å². The molecule has 0 N–H and O–H groups in total. The number of hydrogen-bond donors (Lipinski definition) is 0. The second kappa shape index (κ2) is 9.64. The van der Waals surface area contributed by atoms with Crippen molar-refractivity contribution in [2.24, 2.45) is 34.5 Å². The number of fused-ring (bicyclic) bond motifs is 6. The molecule has 0 radical (unpaired) electrons. The number of benzene rings is 1. The van der Waals surface area contributed by atoms with E-state index in [1.807, 2.05) is 24.3 Å². The fourth-order valence-electron chi connectivity index (χ4n) is 9.61. The van der Waals surface area contributed by atoms with E-state index in [4.69, 9.17) is 9.41 Å². The Morgan fingerprint density at radius 1 is 1.15 bits per heavy atom. The van der Waals surface area contributed by atoms with E-state index in [2.05, 4.69) is 46.5 Å². The summed E-state index contributed by atoms with van der Waals surface area (Å²) in [7, 11) is -2.02. The van der Waals surface area contributed by atoms with E-state index in [0.29, 0.717) is 41.6 Å². The Morgan fingerprint density at radius 3 is 2.67 bits per heavy atom. The number of rotatable bonds is 6. The molecule has 7 heteroatoms. The van der Waals surface area contributed by atoms with Gasteiger partial charge in [-0.25, -0.2) is 4.98 Å². The number of para-hydroxylation sites is 1. The predicted molar refractivity (Wildman–Crippen MR) is 164 cm³/mol. The number of hydrogen-bond acceptors (Lipinski definition) is 6. The molecule has 4 aliphatic carbocycles. The van der Waals surface area contributed by atoms with Crippen molar-refractivity contribution >= 4 is 53.2 Å². The quantitative estimate of drug-likeness (QED) is 0.254. The lowest BCUT2D eigenvalue weighted by Crippen LogP contribution is -2.63. The molecule has 4 nitrogen and oxygen atoms in total. The van der Waals surface area contributed by atoms with Gasteiger partial charge in [0.1, 0.15) is 5.60 Å². The first-order chi connectivity index (χ1) is 18.4. The minimum Gasteiger partial charge on any atom is -0.405 e. The first kappa shape index (κ1) is 27.9. The van der Waals surface area contributed by atoms with Crippen molar-refractivity contribution in [2.75, 3.05) is 5.75 Å². The maximum atomic E-state index is 14.5. The minimum absolute atomic E-state index is 0.120. The van der Waals surface area contributed by atoms with Gasteiger partial charge in [0, 0.05) is 11.8 Å². The molecule has 0 saturated heterocycles. The van der Waals surface area contributed by atoms with Gasteiger partial charge in [-0.3, -0.25) is 9.59 Å². The van der Waals surface area contributed by atoms with E-state index >= 15 is 0 Å². The SMILES string of the molecule is CC1CC2(C)C(CC[C@]2(O[Si](C)(C)C)C(=O)CSc2nc3ccccc3s2)C2CCC3=CC(=O)CCC3(C)C12. The van der Waals surface area contributed by atoms with Gasteiger partial charge in [-0.05, 0) is 105 Å². The van der Waals surface area contributed by atoms with Crippen molar-refractivity contribution in [1.82, 2.24) is 4.98 Å². The van der Waals surface area contributed by atoms with Crippen LogP contribution in [0.25, 0.3) is 10.2 Å². The van der Waals surface area contributed by atoms with Crippen LogP contribution in [0.3, 0.4) is 0 Å². The van der Waals surface area contributed by atoms with Crippen LogP contribution in [0.4, 0.5) is 0 Å². The van der Waals surface area contributed by atoms with E-state index < -0.39 is 13.9 Å². The summed E-state index contributed by atoms with van der Waals surface area (Å²) in [6.07, 6.45) is 8.77. The maximum Gasteiger partial charge on any atom is 0.185 e. The fourth-order valence-corrected chi connectivity index (χ4v) is 13.1. The smallest absolute Gasteiger partial charge is 0.185 e. The van der Waals surface area contributed by atoms with Crippen molar-refractivity contribution in [3.05, 3.63) is 35.9 Å². The second-order valence-corrected chi connectivity index (χ2v) is 20.9. The van der Waals surface area contributed by atoms with E-state index in [1.54, 1.807) is 23.1 Å². The number of carbonyl (C=O) groups is 2. The molecule has 39 heavy (non-hydrogen) atoms. The van der Waals surface area contributed by atoms with Crippen molar-refractivity contribution in [1.29, 1.82) is 0 Å². The highest BCUT2D eigenvalue weighted by atomic mass is 32.2. The lowest BCUT2D eigenvalue weighted by atomic mass is 9.43.